The van der Waals surface area contributed by atoms with Gasteiger partial charge < -0.3 is 5.32 Å². The molecule has 0 aromatic heterocycles. The topological polar surface area (TPSA) is 12.0 Å². The number of hydrogen-bond acceptors (Lipinski definition) is 1. The van der Waals surface area contributed by atoms with Crippen molar-refractivity contribution < 1.29 is 4.39 Å². The van der Waals surface area contributed by atoms with Crippen LogP contribution in [-0.2, 0) is 6.42 Å². The van der Waals surface area contributed by atoms with Crippen molar-refractivity contribution >= 4 is 0 Å². The van der Waals surface area contributed by atoms with E-state index in [0.717, 1.165) is 17.5 Å². The molecule has 1 atom stereocenters. The van der Waals surface area contributed by atoms with Crippen molar-refractivity contribution in [1.82, 2.24) is 5.32 Å². The second-order valence-corrected chi connectivity index (χ2v) is 5.43. The molecule has 0 heterocycles. The van der Waals surface area contributed by atoms with Crippen LogP contribution in [0.1, 0.15) is 51.7 Å². The van der Waals surface area contributed by atoms with Gasteiger partial charge in [-0.3, -0.25) is 0 Å². The van der Waals surface area contributed by atoms with E-state index < -0.39 is 0 Å². The van der Waals surface area contributed by atoms with E-state index in [9.17, 15) is 4.39 Å². The highest BCUT2D eigenvalue weighted by Gasteiger charge is 2.10. The van der Waals surface area contributed by atoms with Crippen molar-refractivity contribution in [3.8, 4) is 0 Å². The fourth-order valence-electron chi connectivity index (χ4n) is 2.05. The van der Waals surface area contributed by atoms with Crippen LogP contribution in [0.2, 0.25) is 0 Å². The second kappa shape index (κ2) is 6.15. The molecule has 1 unspecified atom stereocenters. The number of benzene rings is 1. The summed E-state index contributed by atoms with van der Waals surface area (Å²) < 4.78 is 13.9. The van der Waals surface area contributed by atoms with Gasteiger partial charge in [-0.25, -0.2) is 4.39 Å². The summed E-state index contributed by atoms with van der Waals surface area (Å²) in [5.74, 6) is 0.304. The van der Waals surface area contributed by atoms with Gasteiger partial charge in [-0.15, -0.1) is 0 Å². The van der Waals surface area contributed by atoms with E-state index in [4.69, 9.17) is 0 Å². The SMILES string of the molecule is CC(C)NC(C)Cc1ccc(C(C)C)cc1F. The molecule has 1 nitrogen and oxygen atoms in total. The molecule has 0 aliphatic heterocycles. The molecule has 17 heavy (non-hydrogen) atoms. The average Bonchev–Trinajstić information content (AvgIpc) is 2.19. The Kier molecular flexibility index (Phi) is 5.13. The zero-order valence-electron chi connectivity index (χ0n) is 11.5. The lowest BCUT2D eigenvalue weighted by Gasteiger charge is -2.17. The molecular weight excluding hydrogens is 213 g/mol. The van der Waals surface area contributed by atoms with E-state index in [1.807, 2.05) is 12.1 Å². The van der Waals surface area contributed by atoms with Crippen LogP contribution in [0, 0.1) is 5.82 Å². The van der Waals surface area contributed by atoms with E-state index in [2.05, 4.69) is 39.9 Å². The lowest BCUT2D eigenvalue weighted by atomic mass is 9.98. The third-order valence-electron chi connectivity index (χ3n) is 2.89. The number of hydrogen-bond donors (Lipinski definition) is 1. The second-order valence-electron chi connectivity index (χ2n) is 5.43. The van der Waals surface area contributed by atoms with Gasteiger partial charge in [0.1, 0.15) is 5.82 Å². The highest BCUT2D eigenvalue weighted by Crippen LogP contribution is 2.18. The van der Waals surface area contributed by atoms with Crippen LogP contribution in [0.5, 0.6) is 0 Å². The van der Waals surface area contributed by atoms with Gasteiger partial charge >= 0.3 is 0 Å². The molecule has 0 spiro atoms. The highest BCUT2D eigenvalue weighted by atomic mass is 19.1. The van der Waals surface area contributed by atoms with Crippen LogP contribution < -0.4 is 5.32 Å². The monoisotopic (exact) mass is 237 g/mol. The molecule has 0 saturated carbocycles. The van der Waals surface area contributed by atoms with E-state index in [-0.39, 0.29) is 5.82 Å². The first-order chi connectivity index (χ1) is 7.90. The van der Waals surface area contributed by atoms with E-state index >= 15 is 0 Å². The van der Waals surface area contributed by atoms with Crippen molar-refractivity contribution in [1.29, 1.82) is 0 Å². The maximum absolute atomic E-state index is 13.9. The van der Waals surface area contributed by atoms with Gasteiger partial charge in [-0.05, 0) is 36.5 Å². The number of rotatable bonds is 5. The summed E-state index contributed by atoms with van der Waals surface area (Å²) in [6.45, 7) is 10.5. The smallest absolute Gasteiger partial charge is 0.126 e. The molecule has 1 N–H and O–H groups in total. The molecule has 0 fully saturated rings. The average molecular weight is 237 g/mol. The molecule has 1 rings (SSSR count). The lowest BCUT2D eigenvalue weighted by Crippen LogP contribution is -2.34. The van der Waals surface area contributed by atoms with Gasteiger partial charge in [-0.2, -0.15) is 0 Å². The Hall–Kier alpha value is -0.890. The van der Waals surface area contributed by atoms with E-state index in [1.165, 1.54) is 0 Å². The minimum atomic E-state index is -0.0754. The van der Waals surface area contributed by atoms with Gasteiger partial charge in [0.15, 0.2) is 0 Å². The Morgan fingerprint density at radius 1 is 1.12 bits per heavy atom. The zero-order chi connectivity index (χ0) is 13.0. The van der Waals surface area contributed by atoms with Gasteiger partial charge in [0.25, 0.3) is 0 Å². The summed E-state index contributed by atoms with van der Waals surface area (Å²) in [5.41, 5.74) is 1.87. The summed E-state index contributed by atoms with van der Waals surface area (Å²) >= 11 is 0. The highest BCUT2D eigenvalue weighted by molar-refractivity contribution is 5.27. The normalized spacial score (nSPS) is 13.4. The fraction of sp³-hybridized carbons (Fsp3) is 0.600. The molecule has 0 saturated heterocycles. The Bertz CT molecular complexity index is 358. The standard InChI is InChI=1S/C15H24FN/c1-10(2)13-6-7-14(15(16)9-13)8-12(5)17-11(3)4/h6-7,9-12,17H,8H2,1-5H3. The van der Waals surface area contributed by atoms with Crippen LogP contribution in [0.4, 0.5) is 4.39 Å². The van der Waals surface area contributed by atoms with Crippen molar-refractivity contribution in [3.63, 3.8) is 0 Å². The van der Waals surface area contributed by atoms with Crippen molar-refractivity contribution in [2.24, 2.45) is 0 Å². The number of nitrogens with one attached hydrogen (secondary N) is 1. The summed E-state index contributed by atoms with van der Waals surface area (Å²) in [6, 6.07) is 6.36. The maximum Gasteiger partial charge on any atom is 0.126 e. The molecule has 0 bridgehead atoms. The van der Waals surface area contributed by atoms with Crippen LogP contribution in [0.3, 0.4) is 0 Å². The predicted molar refractivity (Wildman–Crippen MR) is 71.9 cm³/mol. The molecule has 0 amide bonds. The van der Waals surface area contributed by atoms with Crippen LogP contribution in [0.25, 0.3) is 0 Å². The van der Waals surface area contributed by atoms with Gasteiger partial charge in [0.05, 0.1) is 0 Å². The minimum absolute atomic E-state index is 0.0754. The Morgan fingerprint density at radius 3 is 2.24 bits per heavy atom. The van der Waals surface area contributed by atoms with E-state index in [1.54, 1.807) is 6.07 Å². The van der Waals surface area contributed by atoms with Gasteiger partial charge in [0, 0.05) is 12.1 Å². The van der Waals surface area contributed by atoms with Crippen LogP contribution in [0.15, 0.2) is 18.2 Å². The van der Waals surface area contributed by atoms with Crippen molar-refractivity contribution in [2.75, 3.05) is 0 Å². The summed E-state index contributed by atoms with van der Waals surface area (Å²) in [6.07, 6.45) is 0.738. The van der Waals surface area contributed by atoms with Crippen molar-refractivity contribution in [3.05, 3.63) is 35.1 Å². The van der Waals surface area contributed by atoms with Crippen molar-refractivity contribution in [2.45, 2.75) is 59.0 Å². The van der Waals surface area contributed by atoms with Crippen LogP contribution >= 0.6 is 0 Å². The largest absolute Gasteiger partial charge is 0.312 e. The first kappa shape index (κ1) is 14.2. The third kappa shape index (κ3) is 4.47. The summed E-state index contributed by atoms with van der Waals surface area (Å²) in [7, 11) is 0. The molecule has 0 aliphatic rings. The molecule has 2 heteroatoms. The quantitative estimate of drug-likeness (QED) is 0.819. The fourth-order valence-corrected chi connectivity index (χ4v) is 2.05. The molecule has 1 aromatic rings. The molecular formula is C15H24FN. The Balaban J connectivity index is 2.72. The Labute approximate surface area is 104 Å². The molecule has 0 aliphatic carbocycles. The summed E-state index contributed by atoms with van der Waals surface area (Å²) in [5, 5.41) is 3.39. The van der Waals surface area contributed by atoms with Gasteiger partial charge in [0.2, 0.25) is 0 Å². The molecule has 96 valence electrons. The molecule has 0 radical (unpaired) electrons. The minimum Gasteiger partial charge on any atom is -0.312 e. The lowest BCUT2D eigenvalue weighted by molar-refractivity contribution is 0.478. The first-order valence-corrected chi connectivity index (χ1v) is 6.44. The summed E-state index contributed by atoms with van der Waals surface area (Å²) in [4.78, 5) is 0. The predicted octanol–water partition coefficient (Wildman–Crippen LogP) is 3.88. The molecule has 1 aromatic carbocycles. The third-order valence-corrected chi connectivity index (χ3v) is 2.89. The number of halogens is 1. The zero-order valence-corrected chi connectivity index (χ0v) is 11.5. The van der Waals surface area contributed by atoms with Crippen LogP contribution in [-0.4, -0.2) is 12.1 Å². The van der Waals surface area contributed by atoms with Gasteiger partial charge in [-0.1, -0.05) is 39.8 Å². The Morgan fingerprint density at radius 2 is 1.76 bits per heavy atom. The van der Waals surface area contributed by atoms with E-state index in [0.29, 0.717) is 18.0 Å². The first-order valence-electron chi connectivity index (χ1n) is 6.44. The maximum atomic E-state index is 13.9.